The number of nitro benzene ring substituents is 1. The van der Waals surface area contributed by atoms with Crippen molar-refractivity contribution in [2.24, 2.45) is 0 Å². The number of ether oxygens (including phenoxy) is 1. The van der Waals surface area contributed by atoms with Crippen molar-refractivity contribution in [2.45, 2.75) is 11.7 Å². The second-order valence-electron chi connectivity index (χ2n) is 5.70. The molecule has 1 aliphatic heterocycles. The largest absolute Gasteiger partial charge is 0.393 e. The molecule has 1 aliphatic rings. The average Bonchev–Trinajstić information content (AvgIpc) is 3.29. The van der Waals surface area contributed by atoms with Crippen molar-refractivity contribution in [2.75, 3.05) is 12.4 Å². The van der Waals surface area contributed by atoms with Gasteiger partial charge in [-0.05, 0) is 18.2 Å². The Bertz CT molecular complexity index is 1030. The van der Waals surface area contributed by atoms with Crippen LogP contribution in [0.4, 0.5) is 5.69 Å². The van der Waals surface area contributed by atoms with Crippen LogP contribution in [0.5, 0.6) is 0 Å². The summed E-state index contributed by atoms with van der Waals surface area (Å²) in [6.07, 6.45) is 2.77. The number of imidazole rings is 1. The molecule has 1 saturated heterocycles. The molecule has 2 unspecified atom stereocenters. The fourth-order valence-electron chi connectivity index (χ4n) is 2.80. The summed E-state index contributed by atoms with van der Waals surface area (Å²) in [6, 6.07) is 7.70. The molecular weight excluding hydrogens is 360 g/mol. The first-order valence-corrected chi connectivity index (χ1v) is 8.84. The predicted molar refractivity (Wildman–Crippen MR) is 95.0 cm³/mol. The van der Waals surface area contributed by atoms with E-state index in [-0.39, 0.29) is 23.4 Å². The first-order valence-electron chi connectivity index (χ1n) is 7.80. The Labute approximate surface area is 151 Å². The van der Waals surface area contributed by atoms with Gasteiger partial charge in [-0.2, -0.15) is 0 Å². The molecule has 0 saturated carbocycles. The van der Waals surface area contributed by atoms with E-state index < -0.39 is 11.2 Å². The summed E-state index contributed by atoms with van der Waals surface area (Å²) < 4.78 is 8.51. The Hall–Kier alpha value is -2.69. The lowest BCUT2D eigenvalue weighted by atomic mass is 10.1. The van der Waals surface area contributed by atoms with Gasteiger partial charge in [0.15, 0.2) is 0 Å². The maximum absolute atomic E-state index is 12.7. The van der Waals surface area contributed by atoms with Crippen LogP contribution >= 0.6 is 11.8 Å². The summed E-state index contributed by atoms with van der Waals surface area (Å²) >= 11 is 1.45. The van der Waals surface area contributed by atoms with Gasteiger partial charge in [0, 0.05) is 35.8 Å². The van der Waals surface area contributed by atoms with Gasteiger partial charge in [0.25, 0.3) is 5.69 Å². The lowest BCUT2D eigenvalue weighted by molar-refractivity contribution is -0.384. The number of nitro groups is 1. The van der Waals surface area contributed by atoms with Crippen molar-refractivity contribution in [3.05, 3.63) is 63.3 Å². The van der Waals surface area contributed by atoms with Crippen molar-refractivity contribution < 1.29 is 14.8 Å². The highest BCUT2D eigenvalue weighted by atomic mass is 32.2. The Morgan fingerprint density at radius 2 is 2.12 bits per heavy atom. The van der Waals surface area contributed by atoms with Crippen molar-refractivity contribution in [3.8, 4) is 11.3 Å². The van der Waals surface area contributed by atoms with Crippen LogP contribution in [0.1, 0.15) is 6.23 Å². The number of thioether (sulfide) groups is 1. The number of benzene rings is 1. The molecule has 1 fully saturated rings. The third-order valence-electron chi connectivity index (χ3n) is 4.11. The molecule has 0 spiro atoms. The zero-order chi connectivity index (χ0) is 18.3. The zero-order valence-corrected chi connectivity index (χ0v) is 14.2. The molecule has 1 N–H and O–H groups in total. The molecule has 26 heavy (non-hydrogen) atoms. The van der Waals surface area contributed by atoms with Gasteiger partial charge in [0.05, 0.1) is 17.2 Å². The monoisotopic (exact) mass is 374 g/mol. The average molecular weight is 374 g/mol. The molecule has 4 rings (SSSR count). The normalized spacial score (nSPS) is 19.9. The molecule has 9 nitrogen and oxygen atoms in total. The molecule has 2 aromatic heterocycles. The second kappa shape index (κ2) is 6.56. The number of aliphatic hydroxyl groups is 1. The number of hydrogen-bond acceptors (Lipinski definition) is 7. The minimum Gasteiger partial charge on any atom is -0.393 e. The van der Waals surface area contributed by atoms with Crippen LogP contribution in [0.25, 0.3) is 16.9 Å². The quantitative estimate of drug-likeness (QED) is 0.546. The fraction of sp³-hybridized carbons (Fsp3) is 0.250. The van der Waals surface area contributed by atoms with Crippen molar-refractivity contribution in [1.82, 2.24) is 14.0 Å². The molecular formula is C16H14N4O5S. The van der Waals surface area contributed by atoms with E-state index >= 15 is 0 Å². The lowest BCUT2D eigenvalue weighted by Crippen LogP contribution is -2.30. The molecule has 0 bridgehead atoms. The van der Waals surface area contributed by atoms with Crippen LogP contribution in [-0.4, -0.2) is 41.8 Å². The number of fused-ring (bicyclic) bond motifs is 1. The third-order valence-corrected chi connectivity index (χ3v) is 5.22. The van der Waals surface area contributed by atoms with E-state index in [1.807, 2.05) is 0 Å². The molecule has 134 valence electrons. The van der Waals surface area contributed by atoms with Gasteiger partial charge in [-0.25, -0.2) is 9.78 Å². The van der Waals surface area contributed by atoms with Crippen LogP contribution in [0, 0.1) is 10.1 Å². The van der Waals surface area contributed by atoms with Crippen molar-refractivity contribution >= 4 is 23.1 Å². The molecule has 0 amide bonds. The highest BCUT2D eigenvalue weighted by Gasteiger charge is 2.27. The van der Waals surface area contributed by atoms with Crippen LogP contribution in [0.2, 0.25) is 0 Å². The highest BCUT2D eigenvalue weighted by Crippen LogP contribution is 2.30. The number of aromatic nitrogens is 3. The van der Waals surface area contributed by atoms with Gasteiger partial charge in [0.2, 0.25) is 0 Å². The summed E-state index contributed by atoms with van der Waals surface area (Å²) in [5.41, 5.74) is 1.06. The van der Waals surface area contributed by atoms with Gasteiger partial charge in [0.1, 0.15) is 17.3 Å². The van der Waals surface area contributed by atoms with E-state index in [9.17, 15) is 14.9 Å². The number of aliphatic hydroxyl groups excluding tert-OH is 1. The van der Waals surface area contributed by atoms with Crippen LogP contribution < -0.4 is 5.69 Å². The Morgan fingerprint density at radius 1 is 1.35 bits per heavy atom. The van der Waals surface area contributed by atoms with Gasteiger partial charge in [-0.1, -0.05) is 0 Å². The van der Waals surface area contributed by atoms with E-state index in [1.54, 1.807) is 30.6 Å². The number of non-ortho nitro benzene ring substituents is 1. The van der Waals surface area contributed by atoms with E-state index in [0.717, 1.165) is 0 Å². The molecule has 3 heterocycles. The van der Waals surface area contributed by atoms with E-state index in [0.29, 0.717) is 22.7 Å². The lowest BCUT2D eigenvalue weighted by Gasteiger charge is -2.13. The molecule has 0 aliphatic carbocycles. The fourth-order valence-corrected chi connectivity index (χ4v) is 3.73. The number of hydrogen-bond donors (Lipinski definition) is 1. The molecule has 10 heteroatoms. The SMILES string of the molecule is O=c1n(C2CSC(CO)O2)ccc2nc(-c3ccc([N+](=O)[O-])cc3)cn12. The van der Waals surface area contributed by atoms with E-state index in [1.165, 1.54) is 32.9 Å². The maximum atomic E-state index is 12.7. The molecule has 1 aromatic carbocycles. The number of nitrogens with zero attached hydrogens (tertiary/aromatic N) is 4. The smallest absolute Gasteiger partial charge is 0.336 e. The van der Waals surface area contributed by atoms with Crippen LogP contribution in [0.3, 0.4) is 0 Å². The van der Waals surface area contributed by atoms with Gasteiger partial charge < -0.3 is 9.84 Å². The summed E-state index contributed by atoms with van der Waals surface area (Å²) in [7, 11) is 0. The minimum absolute atomic E-state index is 0.00538. The predicted octanol–water partition coefficient (Wildman–Crippen LogP) is 1.65. The Balaban J connectivity index is 1.70. The molecule has 0 radical (unpaired) electrons. The van der Waals surface area contributed by atoms with Gasteiger partial charge in [-0.3, -0.25) is 19.1 Å². The molecule has 2 atom stereocenters. The van der Waals surface area contributed by atoms with Crippen LogP contribution in [-0.2, 0) is 4.74 Å². The first kappa shape index (κ1) is 16.8. The molecule has 3 aromatic rings. The van der Waals surface area contributed by atoms with E-state index in [2.05, 4.69) is 4.98 Å². The third kappa shape index (κ3) is 2.87. The van der Waals surface area contributed by atoms with E-state index in [4.69, 9.17) is 9.84 Å². The zero-order valence-electron chi connectivity index (χ0n) is 13.4. The second-order valence-corrected chi connectivity index (χ2v) is 6.89. The first-order chi connectivity index (χ1) is 12.6. The summed E-state index contributed by atoms with van der Waals surface area (Å²) in [5.74, 6) is 0.570. The summed E-state index contributed by atoms with van der Waals surface area (Å²) in [4.78, 5) is 27.4. The van der Waals surface area contributed by atoms with Crippen molar-refractivity contribution in [3.63, 3.8) is 0 Å². The topological polar surface area (TPSA) is 112 Å². The maximum Gasteiger partial charge on any atom is 0.336 e. The Morgan fingerprint density at radius 3 is 2.77 bits per heavy atom. The van der Waals surface area contributed by atoms with Crippen molar-refractivity contribution in [1.29, 1.82) is 0 Å². The highest BCUT2D eigenvalue weighted by molar-refractivity contribution is 8.00. The van der Waals surface area contributed by atoms with Gasteiger partial charge >= 0.3 is 5.69 Å². The van der Waals surface area contributed by atoms with Crippen LogP contribution in [0.15, 0.2) is 47.5 Å². The van der Waals surface area contributed by atoms with Gasteiger partial charge in [-0.15, -0.1) is 11.8 Å². The standard InChI is InChI=1S/C16H14N4O5S/c21-8-15-25-14(9-26-15)18-6-5-13-17-12(7-19(13)16(18)22)10-1-3-11(4-2-10)20(23)24/h1-7,14-15,21H,8-9H2. The summed E-state index contributed by atoms with van der Waals surface area (Å²) in [6.45, 7) is -0.104. The summed E-state index contributed by atoms with van der Waals surface area (Å²) in [5, 5.41) is 19.9. The minimum atomic E-state index is -0.467. The number of rotatable bonds is 4. The Kier molecular flexibility index (Phi) is 4.23.